The number of hydrogen-bond acceptors (Lipinski definition) is 3. The Kier molecular flexibility index (Phi) is 3.63. The number of carbonyl (C=O) groups is 1. The number of aromatic nitrogens is 2. The second kappa shape index (κ2) is 6.09. The molecule has 6 nitrogen and oxygen atoms in total. The minimum Gasteiger partial charge on any atom is -0.493 e. The van der Waals surface area contributed by atoms with Gasteiger partial charge in [-0.05, 0) is 30.3 Å². The molecule has 4 aromatic rings. The minimum absolute atomic E-state index is 0.114. The minimum atomic E-state index is -0.478. The van der Waals surface area contributed by atoms with Crippen molar-refractivity contribution in [2.45, 2.75) is 0 Å². The number of nitrogens with zero attached hydrogens (tertiary/aromatic N) is 3. The van der Waals surface area contributed by atoms with Gasteiger partial charge in [0.05, 0.1) is 16.8 Å². The molecule has 0 fully saturated rings. The first-order valence-electron chi connectivity index (χ1n) is 7.72. The van der Waals surface area contributed by atoms with E-state index in [1.54, 1.807) is 18.2 Å². The molecular formula is C19H14N4O2. The number of carbonyl (C=O) groups excluding carboxylic acids is 1. The van der Waals surface area contributed by atoms with E-state index < -0.39 is 5.91 Å². The molecule has 0 saturated carbocycles. The number of para-hydroxylation sites is 2. The zero-order valence-corrected chi connectivity index (χ0v) is 13.1. The van der Waals surface area contributed by atoms with Gasteiger partial charge in [-0.2, -0.15) is 0 Å². The molecule has 2 heterocycles. The zero-order valence-electron chi connectivity index (χ0n) is 13.1. The molecule has 0 aliphatic carbocycles. The predicted molar refractivity (Wildman–Crippen MR) is 94.6 cm³/mol. The highest BCUT2D eigenvalue weighted by atomic mass is 16.3. The Morgan fingerprint density at radius 2 is 1.68 bits per heavy atom. The van der Waals surface area contributed by atoms with Crippen molar-refractivity contribution in [2.75, 3.05) is 0 Å². The lowest BCUT2D eigenvalue weighted by molar-refractivity contribution is 0.0995. The first-order valence-corrected chi connectivity index (χ1v) is 7.72. The Labute approximate surface area is 143 Å². The zero-order chi connectivity index (χ0) is 17.2. The van der Waals surface area contributed by atoms with Gasteiger partial charge in [0.1, 0.15) is 0 Å². The van der Waals surface area contributed by atoms with Crippen molar-refractivity contribution in [3.8, 4) is 11.6 Å². The number of aromatic hydroxyl groups is 1. The maximum atomic E-state index is 12.5. The molecule has 4 rings (SSSR count). The molecule has 2 aromatic heterocycles. The standard InChI is InChI=1S/C19H14N4O2/c24-18(14-8-2-4-10-16(14)23-11-5-6-12-23)22-21-17-13-7-1-3-9-15(13)20-19(17)25/h1-12,20,25H. The number of fused-ring (bicyclic) bond motifs is 1. The number of nitrogens with one attached hydrogen (secondary N) is 1. The van der Waals surface area contributed by atoms with Crippen LogP contribution in [-0.4, -0.2) is 20.6 Å². The summed E-state index contributed by atoms with van der Waals surface area (Å²) in [7, 11) is 0. The molecule has 0 aliphatic heterocycles. The number of benzene rings is 2. The molecule has 0 atom stereocenters. The lowest BCUT2D eigenvalue weighted by Crippen LogP contribution is -2.02. The molecule has 0 aliphatic rings. The molecule has 1 amide bonds. The summed E-state index contributed by atoms with van der Waals surface area (Å²) in [6.45, 7) is 0. The van der Waals surface area contributed by atoms with Gasteiger partial charge in [0.2, 0.25) is 5.88 Å². The fourth-order valence-corrected chi connectivity index (χ4v) is 2.74. The van der Waals surface area contributed by atoms with E-state index >= 15 is 0 Å². The third-order valence-electron chi connectivity index (χ3n) is 3.92. The normalized spacial score (nSPS) is 11.4. The highest BCUT2D eigenvalue weighted by Crippen LogP contribution is 2.35. The molecule has 0 unspecified atom stereocenters. The summed E-state index contributed by atoms with van der Waals surface area (Å²) < 4.78 is 1.84. The Morgan fingerprint density at radius 3 is 2.52 bits per heavy atom. The van der Waals surface area contributed by atoms with E-state index in [2.05, 4.69) is 15.2 Å². The van der Waals surface area contributed by atoms with Gasteiger partial charge in [-0.25, -0.2) is 0 Å². The van der Waals surface area contributed by atoms with Gasteiger partial charge >= 0.3 is 0 Å². The van der Waals surface area contributed by atoms with Crippen LogP contribution in [0, 0.1) is 0 Å². The van der Waals surface area contributed by atoms with Gasteiger partial charge < -0.3 is 14.7 Å². The fourth-order valence-electron chi connectivity index (χ4n) is 2.74. The van der Waals surface area contributed by atoms with E-state index in [4.69, 9.17) is 0 Å². The molecule has 122 valence electrons. The van der Waals surface area contributed by atoms with Crippen molar-refractivity contribution in [3.05, 3.63) is 78.6 Å². The van der Waals surface area contributed by atoms with Crippen LogP contribution in [0.1, 0.15) is 10.4 Å². The highest BCUT2D eigenvalue weighted by molar-refractivity contribution is 5.99. The Bertz CT molecular complexity index is 1080. The number of amides is 1. The van der Waals surface area contributed by atoms with Gasteiger partial charge in [0, 0.05) is 17.8 Å². The van der Waals surface area contributed by atoms with Gasteiger partial charge in [0.15, 0.2) is 5.69 Å². The smallest absolute Gasteiger partial charge is 0.297 e. The number of aromatic amines is 1. The van der Waals surface area contributed by atoms with E-state index in [9.17, 15) is 9.90 Å². The third kappa shape index (κ3) is 2.70. The van der Waals surface area contributed by atoms with Crippen molar-refractivity contribution < 1.29 is 9.90 Å². The van der Waals surface area contributed by atoms with Crippen LogP contribution >= 0.6 is 0 Å². The predicted octanol–water partition coefficient (Wildman–Crippen LogP) is 4.59. The maximum Gasteiger partial charge on any atom is 0.297 e. The molecule has 0 bridgehead atoms. The van der Waals surface area contributed by atoms with Crippen LogP contribution in [0.3, 0.4) is 0 Å². The van der Waals surface area contributed by atoms with Crippen molar-refractivity contribution in [1.82, 2.24) is 9.55 Å². The highest BCUT2D eigenvalue weighted by Gasteiger charge is 2.13. The summed E-state index contributed by atoms with van der Waals surface area (Å²) in [5.41, 5.74) is 2.14. The van der Waals surface area contributed by atoms with Crippen molar-refractivity contribution in [1.29, 1.82) is 0 Å². The topological polar surface area (TPSA) is 82.7 Å². The molecule has 2 aromatic carbocycles. The molecule has 0 saturated heterocycles. The second-order valence-corrected chi connectivity index (χ2v) is 5.48. The quantitative estimate of drug-likeness (QED) is 0.539. The Hall–Kier alpha value is -3.67. The summed E-state index contributed by atoms with van der Waals surface area (Å²) in [4.78, 5) is 15.3. The number of hydrogen-bond donors (Lipinski definition) is 2. The van der Waals surface area contributed by atoms with E-state index in [-0.39, 0.29) is 11.6 Å². The van der Waals surface area contributed by atoms with E-state index in [1.807, 2.05) is 59.4 Å². The first-order chi connectivity index (χ1) is 12.2. The van der Waals surface area contributed by atoms with Crippen molar-refractivity contribution in [2.24, 2.45) is 10.2 Å². The van der Waals surface area contributed by atoms with Crippen LogP contribution in [0.5, 0.6) is 5.88 Å². The largest absolute Gasteiger partial charge is 0.493 e. The van der Waals surface area contributed by atoms with E-state index in [0.717, 1.165) is 11.2 Å². The lowest BCUT2D eigenvalue weighted by atomic mass is 10.1. The van der Waals surface area contributed by atoms with Gasteiger partial charge in [-0.1, -0.05) is 30.3 Å². The van der Waals surface area contributed by atoms with E-state index in [0.29, 0.717) is 10.9 Å². The fraction of sp³-hybridized carbons (Fsp3) is 0. The Morgan fingerprint density at radius 1 is 0.960 bits per heavy atom. The molecular weight excluding hydrogens is 316 g/mol. The monoisotopic (exact) mass is 330 g/mol. The molecule has 0 radical (unpaired) electrons. The van der Waals surface area contributed by atoms with Crippen LogP contribution in [-0.2, 0) is 0 Å². The van der Waals surface area contributed by atoms with Gasteiger partial charge in [-0.15, -0.1) is 10.2 Å². The summed E-state index contributed by atoms with van der Waals surface area (Å²) in [6, 6.07) is 18.2. The van der Waals surface area contributed by atoms with Crippen LogP contribution in [0.15, 0.2) is 83.3 Å². The number of H-pyrrole nitrogens is 1. The number of azo groups is 1. The molecule has 2 N–H and O–H groups in total. The maximum absolute atomic E-state index is 12.5. The first kappa shape index (κ1) is 14.9. The van der Waals surface area contributed by atoms with Crippen LogP contribution in [0.25, 0.3) is 16.6 Å². The number of rotatable bonds is 3. The Balaban J connectivity index is 1.71. The molecule has 6 heteroatoms. The SMILES string of the molecule is O=C(N=Nc1c(O)[nH]c2ccccc12)c1ccccc1-n1cccc1. The van der Waals surface area contributed by atoms with Crippen LogP contribution < -0.4 is 0 Å². The van der Waals surface area contributed by atoms with Crippen molar-refractivity contribution >= 4 is 22.5 Å². The van der Waals surface area contributed by atoms with E-state index in [1.165, 1.54) is 0 Å². The summed E-state index contributed by atoms with van der Waals surface area (Å²) in [6.07, 6.45) is 3.71. The average Bonchev–Trinajstić information content (AvgIpc) is 3.27. The summed E-state index contributed by atoms with van der Waals surface area (Å²) in [5.74, 6) is -0.592. The molecule has 25 heavy (non-hydrogen) atoms. The summed E-state index contributed by atoms with van der Waals surface area (Å²) >= 11 is 0. The van der Waals surface area contributed by atoms with Crippen LogP contribution in [0.4, 0.5) is 5.69 Å². The van der Waals surface area contributed by atoms with Gasteiger partial charge in [-0.3, -0.25) is 4.79 Å². The van der Waals surface area contributed by atoms with Gasteiger partial charge in [0.25, 0.3) is 5.91 Å². The third-order valence-corrected chi connectivity index (χ3v) is 3.92. The lowest BCUT2D eigenvalue weighted by Gasteiger charge is -2.06. The second-order valence-electron chi connectivity index (χ2n) is 5.48. The summed E-state index contributed by atoms with van der Waals surface area (Å²) in [5, 5.41) is 18.5. The molecule has 0 spiro atoms. The van der Waals surface area contributed by atoms with Crippen LogP contribution in [0.2, 0.25) is 0 Å². The van der Waals surface area contributed by atoms with Crippen molar-refractivity contribution in [3.63, 3.8) is 0 Å². The average molecular weight is 330 g/mol.